The SMILES string of the molecule is [C-]#[N+]c1cccc(-c2ccc([Si](c3ccccc3)(c3ccccc3)c3ccccc3)cc2)c1N(c1cc(C(C)C)c2ccc3c(N(c4c(C#N)cccc4-c4ccc([Si](c5ccccc5)(c5ccccc5)c5ccccc5)cc4)c4cccc5c4oc4ccccc45)cc(C(C)C)c4ccc1c2c43)c1cccc2c1oc1ccccc12. The number of benzene rings is 18. The zero-order valence-electron chi connectivity index (χ0n) is 64.7. The molecule has 0 aliphatic carbocycles. The molecule has 0 bridgehead atoms. The minimum Gasteiger partial charge on any atom is -0.454 e. The first-order valence-corrected chi connectivity index (χ1v) is 43.9. The van der Waals surface area contributed by atoms with E-state index in [1.807, 2.05) is 48.5 Å². The fourth-order valence-corrected chi connectivity index (χ4v) is 28.5. The van der Waals surface area contributed by atoms with Gasteiger partial charge in [0.2, 0.25) is 5.69 Å². The summed E-state index contributed by atoms with van der Waals surface area (Å²) in [5, 5.41) is 32.6. The quantitative estimate of drug-likeness (QED) is 0.0371. The van der Waals surface area contributed by atoms with Gasteiger partial charge in [0.25, 0.3) is 0 Å². The number of furan rings is 2. The van der Waals surface area contributed by atoms with E-state index in [-0.39, 0.29) is 11.8 Å². The predicted octanol–water partition coefficient (Wildman–Crippen LogP) is 24.1. The largest absolute Gasteiger partial charge is 0.454 e. The molecule has 2 heterocycles. The zero-order chi connectivity index (χ0) is 78.2. The second-order valence-corrected chi connectivity index (χ2v) is 38.6. The third kappa shape index (κ3) is 11.2. The number of fused-ring (bicyclic) bond motifs is 6. The maximum atomic E-state index is 12.0. The monoisotopic (exact) mass is 1520 g/mol. The van der Waals surface area contributed by atoms with Crippen molar-refractivity contribution in [2.45, 2.75) is 39.5 Å². The Morgan fingerprint density at radius 3 is 0.991 bits per heavy atom. The van der Waals surface area contributed by atoms with Crippen LogP contribution in [0.15, 0.2) is 397 Å². The molecule has 20 rings (SSSR count). The van der Waals surface area contributed by atoms with Crippen molar-refractivity contribution >= 4 is 174 Å². The van der Waals surface area contributed by atoms with Crippen LogP contribution in [0.25, 0.3) is 103 Å². The van der Waals surface area contributed by atoms with Gasteiger partial charge in [0, 0.05) is 37.9 Å². The number of nitriles is 1. The van der Waals surface area contributed by atoms with Crippen molar-refractivity contribution in [1.29, 1.82) is 5.26 Å². The van der Waals surface area contributed by atoms with E-state index in [2.05, 4.69) is 388 Å². The summed E-state index contributed by atoms with van der Waals surface area (Å²) in [6, 6.07) is 144. The minimum absolute atomic E-state index is 0.0234. The maximum Gasteiger partial charge on any atom is 0.211 e. The lowest BCUT2D eigenvalue weighted by Gasteiger charge is -2.35. The molecule has 2 aromatic heterocycles. The molecule has 0 radical (unpaired) electrons. The van der Waals surface area contributed by atoms with Gasteiger partial charge in [-0.2, -0.15) is 5.26 Å². The average Bonchev–Trinajstić information content (AvgIpc) is 0.752. The molecule has 20 aromatic rings. The lowest BCUT2D eigenvalue weighted by atomic mass is 9.83. The molecule has 0 atom stereocenters. The lowest BCUT2D eigenvalue weighted by Crippen LogP contribution is -2.74. The number of anilines is 6. The highest BCUT2D eigenvalue weighted by molar-refractivity contribution is 7.20. The van der Waals surface area contributed by atoms with Crippen LogP contribution in [0.1, 0.15) is 56.2 Å². The normalized spacial score (nSPS) is 11.9. The van der Waals surface area contributed by atoms with Crippen LogP contribution in [0.4, 0.5) is 39.8 Å². The van der Waals surface area contributed by atoms with Crippen molar-refractivity contribution < 1.29 is 8.83 Å². The summed E-state index contributed by atoms with van der Waals surface area (Å²) in [6.07, 6.45) is 0. The molecule has 550 valence electrons. The molecule has 0 aliphatic heterocycles. The van der Waals surface area contributed by atoms with Crippen LogP contribution in [0.2, 0.25) is 0 Å². The molecule has 8 heteroatoms. The van der Waals surface area contributed by atoms with Crippen LogP contribution in [0.3, 0.4) is 0 Å². The van der Waals surface area contributed by atoms with Gasteiger partial charge in [0.15, 0.2) is 27.3 Å². The summed E-state index contributed by atoms with van der Waals surface area (Å²) in [5.74, 6) is 0.0485. The van der Waals surface area contributed by atoms with Gasteiger partial charge in [0.05, 0.1) is 46.3 Å². The van der Waals surface area contributed by atoms with Gasteiger partial charge in [-0.1, -0.05) is 373 Å². The summed E-state index contributed by atoms with van der Waals surface area (Å²) in [5.41, 5.74) is 14.9. The number of hydrogen-bond donors (Lipinski definition) is 0. The molecule has 0 saturated carbocycles. The van der Waals surface area contributed by atoms with E-state index >= 15 is 0 Å². The Morgan fingerprint density at radius 1 is 0.302 bits per heavy atom. The van der Waals surface area contributed by atoms with E-state index in [0.717, 1.165) is 133 Å². The first-order chi connectivity index (χ1) is 57.1. The van der Waals surface area contributed by atoms with Crippen LogP contribution in [-0.2, 0) is 0 Å². The molecule has 0 saturated heterocycles. The standard InChI is InChI=1S/C108H78N4O2Si2/c1-71(2)94-68-99(111(97-52-30-49-90-86-45-24-26-54-101(86)113-107(90)97)105-75(70-109)32-28-47-84(105)73-56-60-82(61-57-73)115(76-33-12-6-13-34-76,77-35-14-7-15-36-77)78-37-16-8-17-38-78)92-66-64-89-95(72(3)4)69-100(93-67-65-88(94)103(92)104(89)93)112(98-53-31-50-91-87-46-25-27-55-102(87)114-108(91)98)106-85(48-29-51-96(106)110-5)74-58-62-83(63-59-74)116(79-39-18-9-19-40-79,80-41-20-10-21-42-80)81-43-22-11-23-44-81/h6-69,71-72H,1-4H3. The Kier molecular flexibility index (Phi) is 17.7. The molecule has 6 nitrogen and oxygen atoms in total. The van der Waals surface area contributed by atoms with Gasteiger partial charge in [-0.25, -0.2) is 4.85 Å². The van der Waals surface area contributed by atoms with Crippen LogP contribution >= 0.6 is 0 Å². The van der Waals surface area contributed by atoms with Crippen molar-refractivity contribution in [3.8, 4) is 28.3 Å². The number of nitrogens with zero attached hydrogens (tertiary/aromatic N) is 4. The number of para-hydroxylation sites is 6. The van der Waals surface area contributed by atoms with Crippen molar-refractivity contribution in [3.05, 3.63) is 416 Å². The van der Waals surface area contributed by atoms with Gasteiger partial charge in [-0.15, -0.1) is 0 Å². The number of hydrogen-bond acceptors (Lipinski definition) is 5. The molecule has 0 aliphatic rings. The van der Waals surface area contributed by atoms with E-state index in [1.54, 1.807) is 0 Å². The topological polar surface area (TPSA) is 60.9 Å². The van der Waals surface area contributed by atoms with E-state index in [9.17, 15) is 11.8 Å². The Balaban J connectivity index is 0.852. The highest BCUT2D eigenvalue weighted by Gasteiger charge is 2.44. The van der Waals surface area contributed by atoms with Gasteiger partial charge in [0.1, 0.15) is 17.2 Å². The third-order valence-electron chi connectivity index (χ3n) is 24.1. The highest BCUT2D eigenvalue weighted by Crippen LogP contribution is 2.56. The summed E-state index contributed by atoms with van der Waals surface area (Å²) in [4.78, 5) is 9.27. The third-order valence-corrected chi connectivity index (χ3v) is 33.7. The summed E-state index contributed by atoms with van der Waals surface area (Å²) in [6.45, 7) is 18.6. The molecule has 0 unspecified atom stereocenters. The number of rotatable bonds is 18. The Bertz CT molecular complexity index is 6590. The van der Waals surface area contributed by atoms with Gasteiger partial charge >= 0.3 is 0 Å². The molecule has 0 N–H and O–H groups in total. The van der Waals surface area contributed by atoms with Gasteiger partial charge < -0.3 is 18.6 Å². The van der Waals surface area contributed by atoms with Crippen molar-refractivity contribution in [3.63, 3.8) is 0 Å². The van der Waals surface area contributed by atoms with Gasteiger partial charge in [-0.3, -0.25) is 0 Å². The molecular formula is C108H78N4O2Si2. The fraction of sp³-hybridized carbons (Fsp3) is 0.0556. The van der Waals surface area contributed by atoms with Crippen molar-refractivity contribution in [1.82, 2.24) is 0 Å². The predicted molar refractivity (Wildman–Crippen MR) is 491 cm³/mol. The second-order valence-electron chi connectivity index (χ2n) is 31.0. The molecule has 0 amide bonds. The summed E-state index contributed by atoms with van der Waals surface area (Å²) < 4.78 is 14.4. The highest BCUT2D eigenvalue weighted by atomic mass is 28.3. The first-order valence-electron chi connectivity index (χ1n) is 39.9. The van der Waals surface area contributed by atoms with Gasteiger partial charge in [-0.05, 0) is 145 Å². The summed E-state index contributed by atoms with van der Waals surface area (Å²) >= 11 is 0. The van der Waals surface area contributed by atoms with Crippen LogP contribution in [0.5, 0.6) is 0 Å². The Labute approximate surface area is 677 Å². The van der Waals surface area contributed by atoms with E-state index in [4.69, 9.17) is 8.83 Å². The molecule has 18 aromatic carbocycles. The molecule has 0 spiro atoms. The van der Waals surface area contributed by atoms with E-state index in [1.165, 1.54) is 41.5 Å². The maximum absolute atomic E-state index is 12.0. The van der Waals surface area contributed by atoms with E-state index < -0.39 is 16.1 Å². The molecule has 116 heavy (non-hydrogen) atoms. The van der Waals surface area contributed by atoms with Crippen LogP contribution in [0, 0.1) is 17.9 Å². The Hall–Kier alpha value is -14.4. The lowest BCUT2D eigenvalue weighted by molar-refractivity contribution is 0.669. The Morgan fingerprint density at radius 2 is 0.621 bits per heavy atom. The zero-order valence-corrected chi connectivity index (χ0v) is 66.7. The fourth-order valence-electron chi connectivity index (χ4n) is 19.0. The van der Waals surface area contributed by atoms with E-state index in [0.29, 0.717) is 22.4 Å². The van der Waals surface area contributed by atoms with Crippen LogP contribution < -0.4 is 51.3 Å². The summed E-state index contributed by atoms with van der Waals surface area (Å²) in [7, 11) is -5.89. The first kappa shape index (κ1) is 70.7. The minimum atomic E-state index is -2.95. The average molecular weight is 1520 g/mol. The van der Waals surface area contributed by atoms with Crippen LogP contribution in [-0.4, -0.2) is 16.1 Å². The molecular weight excluding hydrogens is 1440 g/mol. The smallest absolute Gasteiger partial charge is 0.211 e. The second kappa shape index (κ2) is 29.0. The molecule has 0 fully saturated rings. The van der Waals surface area contributed by atoms with Crippen molar-refractivity contribution in [2.75, 3.05) is 9.80 Å². The van der Waals surface area contributed by atoms with Crippen molar-refractivity contribution in [2.24, 2.45) is 0 Å².